The highest BCUT2D eigenvalue weighted by Crippen LogP contribution is 2.19. The van der Waals surface area contributed by atoms with E-state index in [0.717, 1.165) is 10.7 Å². The van der Waals surface area contributed by atoms with Crippen LogP contribution < -0.4 is 0 Å². The number of carbonyl (C=O) groups is 2. The zero-order chi connectivity index (χ0) is 15.6. The third-order valence-corrected chi connectivity index (χ3v) is 4.38. The Morgan fingerprint density at radius 3 is 2.24 bits per heavy atom. The lowest BCUT2D eigenvalue weighted by atomic mass is 9.94. The van der Waals surface area contributed by atoms with E-state index in [2.05, 4.69) is 4.98 Å². The van der Waals surface area contributed by atoms with Crippen LogP contribution in [0.4, 0.5) is 0 Å². The van der Waals surface area contributed by atoms with E-state index in [4.69, 9.17) is 0 Å². The van der Waals surface area contributed by atoms with E-state index < -0.39 is 0 Å². The van der Waals surface area contributed by atoms with Crippen LogP contribution in [0.1, 0.15) is 31.5 Å². The second kappa shape index (κ2) is 6.13. The maximum atomic E-state index is 12.2. The van der Waals surface area contributed by atoms with Gasteiger partial charge in [0.1, 0.15) is 0 Å². The Kier molecular flexibility index (Phi) is 4.66. The van der Waals surface area contributed by atoms with E-state index in [1.54, 1.807) is 11.3 Å². The molecule has 0 spiro atoms. The molecular formula is C15H23N3O2S. The third kappa shape index (κ3) is 4.03. The number of piperazine rings is 1. The number of hydrogen-bond donors (Lipinski definition) is 0. The van der Waals surface area contributed by atoms with Crippen LogP contribution in [-0.4, -0.2) is 52.8 Å². The summed E-state index contributed by atoms with van der Waals surface area (Å²) in [5.74, 6) is 0.257. The molecule has 116 valence electrons. The van der Waals surface area contributed by atoms with Crippen LogP contribution in [0, 0.1) is 12.3 Å². The van der Waals surface area contributed by atoms with Gasteiger partial charge in [0.15, 0.2) is 0 Å². The maximum absolute atomic E-state index is 12.2. The molecule has 0 aliphatic carbocycles. The van der Waals surface area contributed by atoms with E-state index in [9.17, 15) is 9.59 Å². The predicted octanol–water partition coefficient (Wildman–Crippen LogP) is 1.71. The summed E-state index contributed by atoms with van der Waals surface area (Å²) in [6.45, 7) is 10.2. The fourth-order valence-corrected chi connectivity index (χ4v) is 3.00. The van der Waals surface area contributed by atoms with Crippen LogP contribution >= 0.6 is 11.3 Å². The molecule has 2 rings (SSSR count). The van der Waals surface area contributed by atoms with Crippen LogP contribution in [0.2, 0.25) is 0 Å². The molecule has 1 saturated heterocycles. The van der Waals surface area contributed by atoms with Crippen molar-refractivity contribution in [1.29, 1.82) is 0 Å². The van der Waals surface area contributed by atoms with Crippen LogP contribution in [-0.2, 0) is 16.0 Å². The summed E-state index contributed by atoms with van der Waals surface area (Å²) in [7, 11) is 0. The molecular weight excluding hydrogens is 286 g/mol. The summed E-state index contributed by atoms with van der Waals surface area (Å²) >= 11 is 1.57. The normalized spacial score (nSPS) is 16.2. The first-order valence-corrected chi connectivity index (χ1v) is 8.13. The molecule has 1 aromatic rings. The zero-order valence-corrected chi connectivity index (χ0v) is 14.0. The molecule has 0 N–H and O–H groups in total. The van der Waals surface area contributed by atoms with Crippen molar-refractivity contribution >= 4 is 23.2 Å². The second-order valence-corrected chi connectivity index (χ2v) is 7.52. The molecule has 5 nitrogen and oxygen atoms in total. The van der Waals surface area contributed by atoms with Crippen LogP contribution in [0.25, 0.3) is 0 Å². The molecule has 1 fully saturated rings. The van der Waals surface area contributed by atoms with E-state index in [-0.39, 0.29) is 17.2 Å². The lowest BCUT2D eigenvalue weighted by molar-refractivity contribution is -0.144. The van der Waals surface area contributed by atoms with E-state index in [1.165, 1.54) is 0 Å². The number of amides is 2. The van der Waals surface area contributed by atoms with E-state index in [0.29, 0.717) is 32.6 Å². The van der Waals surface area contributed by atoms with Gasteiger partial charge in [-0.1, -0.05) is 20.8 Å². The molecule has 1 aliphatic heterocycles. The molecule has 0 atom stereocenters. The van der Waals surface area contributed by atoms with Gasteiger partial charge in [-0.3, -0.25) is 9.59 Å². The van der Waals surface area contributed by atoms with Gasteiger partial charge in [-0.05, 0) is 6.92 Å². The number of aryl methyl sites for hydroxylation is 1. The van der Waals surface area contributed by atoms with Gasteiger partial charge in [0.05, 0.1) is 17.1 Å². The fraction of sp³-hybridized carbons (Fsp3) is 0.667. The van der Waals surface area contributed by atoms with Crippen molar-refractivity contribution in [2.24, 2.45) is 5.41 Å². The smallest absolute Gasteiger partial charge is 0.228 e. The SMILES string of the molecule is Cc1nc(CC(=O)N2CCN(C(=O)C(C)(C)C)CC2)cs1. The van der Waals surface area contributed by atoms with E-state index in [1.807, 2.05) is 42.9 Å². The van der Waals surface area contributed by atoms with Crippen molar-refractivity contribution in [3.05, 3.63) is 16.1 Å². The first-order chi connectivity index (χ1) is 9.77. The van der Waals surface area contributed by atoms with Crippen LogP contribution in [0.5, 0.6) is 0 Å². The summed E-state index contributed by atoms with van der Waals surface area (Å²) in [5, 5.41) is 2.92. The Balaban J connectivity index is 1.86. The molecule has 2 heterocycles. The van der Waals surface area contributed by atoms with Gasteiger partial charge in [-0.15, -0.1) is 11.3 Å². The Bertz CT molecular complexity index is 525. The van der Waals surface area contributed by atoms with Crippen molar-refractivity contribution in [2.45, 2.75) is 34.1 Å². The van der Waals surface area contributed by atoms with Crippen LogP contribution in [0.3, 0.4) is 0 Å². The van der Waals surface area contributed by atoms with Gasteiger partial charge < -0.3 is 9.80 Å². The summed E-state index contributed by atoms with van der Waals surface area (Å²) in [6, 6.07) is 0. The van der Waals surface area contributed by atoms with Crippen molar-refractivity contribution in [2.75, 3.05) is 26.2 Å². The van der Waals surface area contributed by atoms with Crippen molar-refractivity contribution in [1.82, 2.24) is 14.8 Å². The average Bonchev–Trinajstić information content (AvgIpc) is 2.82. The molecule has 21 heavy (non-hydrogen) atoms. The van der Waals surface area contributed by atoms with Gasteiger partial charge >= 0.3 is 0 Å². The summed E-state index contributed by atoms with van der Waals surface area (Å²) in [6.07, 6.45) is 0.359. The predicted molar refractivity (Wildman–Crippen MR) is 83.2 cm³/mol. The maximum Gasteiger partial charge on any atom is 0.228 e. The topological polar surface area (TPSA) is 53.5 Å². The lowest BCUT2D eigenvalue weighted by Crippen LogP contribution is -2.53. The number of nitrogens with zero attached hydrogens (tertiary/aromatic N) is 3. The highest BCUT2D eigenvalue weighted by Gasteiger charge is 2.30. The molecule has 1 aliphatic rings. The van der Waals surface area contributed by atoms with Crippen molar-refractivity contribution in [3.8, 4) is 0 Å². The second-order valence-electron chi connectivity index (χ2n) is 6.46. The van der Waals surface area contributed by atoms with Crippen molar-refractivity contribution < 1.29 is 9.59 Å². The number of carbonyl (C=O) groups excluding carboxylic acids is 2. The van der Waals surface area contributed by atoms with Crippen LogP contribution in [0.15, 0.2) is 5.38 Å². The highest BCUT2D eigenvalue weighted by molar-refractivity contribution is 7.09. The summed E-state index contributed by atoms with van der Waals surface area (Å²) < 4.78 is 0. The average molecular weight is 309 g/mol. The third-order valence-electron chi connectivity index (χ3n) is 3.56. The molecule has 1 aromatic heterocycles. The Morgan fingerprint density at radius 2 is 1.76 bits per heavy atom. The molecule has 6 heteroatoms. The Morgan fingerprint density at radius 1 is 1.19 bits per heavy atom. The van der Waals surface area contributed by atoms with Crippen molar-refractivity contribution in [3.63, 3.8) is 0 Å². The first kappa shape index (κ1) is 15.9. The largest absolute Gasteiger partial charge is 0.339 e. The minimum absolute atomic E-state index is 0.100. The first-order valence-electron chi connectivity index (χ1n) is 7.25. The zero-order valence-electron chi connectivity index (χ0n) is 13.2. The highest BCUT2D eigenvalue weighted by atomic mass is 32.1. The molecule has 0 bridgehead atoms. The minimum Gasteiger partial charge on any atom is -0.339 e. The molecule has 0 radical (unpaired) electrons. The number of thiazole rings is 1. The quantitative estimate of drug-likeness (QED) is 0.836. The number of hydrogen-bond acceptors (Lipinski definition) is 4. The fourth-order valence-electron chi connectivity index (χ4n) is 2.39. The van der Waals surface area contributed by atoms with Gasteiger partial charge in [-0.25, -0.2) is 4.98 Å². The molecule has 2 amide bonds. The van der Waals surface area contributed by atoms with Gasteiger partial charge in [0.2, 0.25) is 11.8 Å². The summed E-state index contributed by atoms with van der Waals surface area (Å²) in [4.78, 5) is 32.5. The van der Waals surface area contributed by atoms with Gasteiger partial charge in [0, 0.05) is 37.0 Å². The molecule has 0 aromatic carbocycles. The van der Waals surface area contributed by atoms with Gasteiger partial charge in [0.25, 0.3) is 0 Å². The van der Waals surface area contributed by atoms with E-state index >= 15 is 0 Å². The standard InChI is InChI=1S/C15H23N3O2S/c1-11-16-12(10-21-11)9-13(19)17-5-7-18(8-6-17)14(20)15(2,3)4/h10H,5-9H2,1-4H3. The summed E-state index contributed by atoms with van der Waals surface area (Å²) in [5.41, 5.74) is 0.486. The number of rotatable bonds is 2. The molecule has 0 unspecified atom stereocenters. The Hall–Kier alpha value is -1.43. The minimum atomic E-state index is -0.357. The lowest BCUT2D eigenvalue weighted by Gasteiger charge is -2.37. The monoisotopic (exact) mass is 309 g/mol. The van der Waals surface area contributed by atoms with Gasteiger partial charge in [-0.2, -0.15) is 0 Å². The Labute approximate surface area is 130 Å². The number of aromatic nitrogens is 1. The molecule has 0 saturated carbocycles.